The zero-order valence-corrected chi connectivity index (χ0v) is 24.4. The van der Waals surface area contributed by atoms with Gasteiger partial charge in [0.05, 0.1) is 18.2 Å². The van der Waals surface area contributed by atoms with Crippen molar-refractivity contribution < 1.29 is 10.0 Å². The summed E-state index contributed by atoms with van der Waals surface area (Å²) in [7, 11) is -1.46. The van der Waals surface area contributed by atoms with Crippen LogP contribution in [-0.2, 0) is 0 Å². The molecule has 0 radical (unpaired) electrons. The third-order valence-electron chi connectivity index (χ3n) is 5.59. The molecule has 0 unspecified atom stereocenters. The molecule has 6 rings (SSSR count). The number of aromatic nitrogens is 6. The van der Waals surface area contributed by atoms with Crippen molar-refractivity contribution in [1.29, 1.82) is 5.26 Å². The van der Waals surface area contributed by atoms with Gasteiger partial charge in [0, 0.05) is 30.4 Å². The van der Waals surface area contributed by atoms with Crippen LogP contribution in [0, 0.1) is 17.9 Å². The second-order valence-electron chi connectivity index (χ2n) is 8.22. The van der Waals surface area contributed by atoms with Crippen molar-refractivity contribution >= 4 is 80.3 Å². The Labute approximate surface area is 257 Å². The number of nitriles is 1. The Morgan fingerprint density at radius 1 is 0.881 bits per heavy atom. The first kappa shape index (κ1) is 30.3. The summed E-state index contributed by atoms with van der Waals surface area (Å²) in [5.41, 5.74) is 15.4. The van der Waals surface area contributed by atoms with Crippen molar-refractivity contribution in [2.75, 3.05) is 11.5 Å². The minimum atomic E-state index is -1.46. The molecule has 6 aromatic rings. The van der Waals surface area contributed by atoms with E-state index in [0.717, 1.165) is 5.56 Å². The van der Waals surface area contributed by atoms with Crippen LogP contribution in [0.15, 0.2) is 77.9 Å². The maximum atomic E-state index is 8.66. The number of benzene rings is 2. The SMILES string of the molecule is N#Cc1ccc(B(O)O)cc1.Nc1nc(Br)c(Cl)n2ccnc12.[C-]#[N+]c1ccc(-c2nc(N)c3nccn3c2Cl)cc1. The van der Waals surface area contributed by atoms with Gasteiger partial charge in [-0.1, -0.05) is 59.6 Å². The van der Waals surface area contributed by atoms with Crippen molar-refractivity contribution in [3.8, 4) is 17.3 Å². The van der Waals surface area contributed by atoms with Crippen LogP contribution in [0.2, 0.25) is 10.3 Å². The molecule has 0 fully saturated rings. The van der Waals surface area contributed by atoms with Crippen molar-refractivity contribution in [2.45, 2.75) is 0 Å². The normalized spacial score (nSPS) is 10.2. The largest absolute Gasteiger partial charge is 0.488 e. The summed E-state index contributed by atoms with van der Waals surface area (Å²) in [6.45, 7) is 6.93. The number of fused-ring (bicyclic) bond motifs is 2. The predicted octanol–water partition coefficient (Wildman–Crippen LogP) is 4.15. The maximum Gasteiger partial charge on any atom is 0.488 e. The first-order valence-corrected chi connectivity index (χ1v) is 13.2. The highest BCUT2D eigenvalue weighted by Gasteiger charge is 2.13. The molecule has 0 atom stereocenters. The topological polar surface area (TPSA) is 181 Å². The predicted molar refractivity (Wildman–Crippen MR) is 165 cm³/mol. The number of halogens is 3. The summed E-state index contributed by atoms with van der Waals surface area (Å²) in [5, 5.41) is 26.6. The Hall–Kier alpha value is -4.70. The van der Waals surface area contributed by atoms with Crippen molar-refractivity contribution in [3.05, 3.63) is 105 Å². The van der Waals surface area contributed by atoms with Gasteiger partial charge in [0.15, 0.2) is 28.6 Å². The first-order chi connectivity index (χ1) is 20.1. The van der Waals surface area contributed by atoms with E-state index in [-0.39, 0.29) is 0 Å². The van der Waals surface area contributed by atoms with E-state index in [9.17, 15) is 0 Å². The van der Waals surface area contributed by atoms with E-state index in [1.54, 1.807) is 57.9 Å². The first-order valence-electron chi connectivity index (χ1n) is 11.7. The third-order valence-corrected chi connectivity index (χ3v) is 7.09. The molecule has 0 bridgehead atoms. The van der Waals surface area contributed by atoms with Gasteiger partial charge in [0.25, 0.3) is 0 Å². The maximum absolute atomic E-state index is 8.66. The van der Waals surface area contributed by atoms with E-state index >= 15 is 0 Å². The molecule has 4 heterocycles. The summed E-state index contributed by atoms with van der Waals surface area (Å²) < 4.78 is 3.86. The van der Waals surface area contributed by atoms with Gasteiger partial charge in [-0.3, -0.25) is 8.80 Å². The molecular formula is C26H18BBrCl2N10O2. The number of nitrogens with zero attached hydrogens (tertiary/aromatic N) is 8. The van der Waals surface area contributed by atoms with Crippen LogP contribution < -0.4 is 16.9 Å². The molecule has 0 aliphatic rings. The zero-order chi connectivity index (χ0) is 30.4. The van der Waals surface area contributed by atoms with Crippen molar-refractivity contribution in [2.24, 2.45) is 0 Å². The molecule has 208 valence electrons. The lowest BCUT2D eigenvalue weighted by atomic mass is 9.80. The fourth-order valence-corrected chi connectivity index (χ4v) is 4.39. The van der Waals surface area contributed by atoms with E-state index in [1.165, 1.54) is 24.3 Å². The lowest BCUT2D eigenvalue weighted by Gasteiger charge is -2.08. The fraction of sp³-hybridized carbons (Fsp3) is 0. The van der Waals surface area contributed by atoms with Gasteiger partial charge < -0.3 is 21.5 Å². The van der Waals surface area contributed by atoms with E-state index in [2.05, 4.69) is 40.7 Å². The van der Waals surface area contributed by atoms with Gasteiger partial charge in [0.2, 0.25) is 0 Å². The highest BCUT2D eigenvalue weighted by molar-refractivity contribution is 9.10. The highest BCUT2D eigenvalue weighted by atomic mass is 79.9. The molecule has 0 aliphatic heterocycles. The number of imidazole rings is 2. The van der Waals surface area contributed by atoms with Gasteiger partial charge in [-0.25, -0.2) is 24.8 Å². The fourth-order valence-electron chi connectivity index (χ4n) is 3.54. The molecule has 2 aromatic carbocycles. The molecule has 0 spiro atoms. The minimum Gasteiger partial charge on any atom is -0.423 e. The average molecular weight is 664 g/mol. The zero-order valence-electron chi connectivity index (χ0n) is 21.3. The van der Waals surface area contributed by atoms with Gasteiger partial charge in [-0.05, 0) is 33.5 Å². The standard InChI is InChI=1S/C13H8ClN5.C7H6BNO2.C6H4BrClN4/c1-16-9-4-2-8(3-5-9)10-11(14)19-7-6-17-13(19)12(15)18-10;9-5-6-1-3-7(4-2-6)8(10)11;7-3-4(8)12-2-1-10-6(12)5(9)11-3/h2-7H,(H2,15,18);1-4,10-11H;1-2H,(H2,9,11). The van der Waals surface area contributed by atoms with Crippen LogP contribution in [0.25, 0.3) is 27.4 Å². The van der Waals surface area contributed by atoms with Gasteiger partial charge in [-0.2, -0.15) is 5.26 Å². The van der Waals surface area contributed by atoms with E-state index in [0.29, 0.717) is 60.2 Å². The molecule has 42 heavy (non-hydrogen) atoms. The van der Waals surface area contributed by atoms with Gasteiger partial charge >= 0.3 is 7.12 Å². The molecule has 4 aromatic heterocycles. The molecule has 0 aliphatic carbocycles. The van der Waals surface area contributed by atoms with E-state index in [1.807, 2.05) is 6.07 Å². The summed E-state index contributed by atoms with van der Waals surface area (Å²) in [6.07, 6.45) is 6.68. The molecule has 16 heteroatoms. The summed E-state index contributed by atoms with van der Waals surface area (Å²) in [5.74, 6) is 0.676. The summed E-state index contributed by atoms with van der Waals surface area (Å²) in [4.78, 5) is 19.7. The second kappa shape index (κ2) is 13.3. The molecule has 0 saturated heterocycles. The van der Waals surface area contributed by atoms with Crippen LogP contribution >= 0.6 is 39.1 Å². The average Bonchev–Trinajstić information content (AvgIpc) is 3.70. The highest BCUT2D eigenvalue weighted by Crippen LogP contribution is 2.30. The van der Waals surface area contributed by atoms with Crippen LogP contribution in [0.5, 0.6) is 0 Å². The van der Waals surface area contributed by atoms with E-state index in [4.69, 9.17) is 56.6 Å². The smallest absolute Gasteiger partial charge is 0.423 e. The lowest BCUT2D eigenvalue weighted by molar-refractivity contribution is 0.426. The Morgan fingerprint density at radius 2 is 1.43 bits per heavy atom. The van der Waals surface area contributed by atoms with Crippen molar-refractivity contribution in [1.82, 2.24) is 28.7 Å². The Bertz CT molecular complexity index is 1950. The Kier molecular flexibility index (Phi) is 9.59. The Morgan fingerprint density at radius 3 is 1.95 bits per heavy atom. The summed E-state index contributed by atoms with van der Waals surface area (Å²) in [6, 6.07) is 15.0. The molecule has 0 amide bonds. The lowest BCUT2D eigenvalue weighted by Crippen LogP contribution is -2.29. The number of hydrogen-bond donors (Lipinski definition) is 4. The summed E-state index contributed by atoms with van der Waals surface area (Å²) >= 11 is 15.4. The number of nitrogens with two attached hydrogens (primary N) is 2. The minimum absolute atomic E-state index is 0.318. The van der Waals surface area contributed by atoms with Gasteiger partial charge in [-0.15, -0.1) is 0 Å². The quantitative estimate of drug-likeness (QED) is 0.156. The molecule has 0 saturated carbocycles. The number of hydrogen-bond acceptors (Lipinski definition) is 9. The van der Waals surface area contributed by atoms with Crippen molar-refractivity contribution in [3.63, 3.8) is 0 Å². The molecule has 6 N–H and O–H groups in total. The van der Waals surface area contributed by atoms with Crippen LogP contribution in [0.3, 0.4) is 0 Å². The second-order valence-corrected chi connectivity index (χ2v) is 9.69. The monoisotopic (exact) mass is 662 g/mol. The number of nitrogen functional groups attached to an aromatic ring is 2. The van der Waals surface area contributed by atoms with Crippen LogP contribution in [0.1, 0.15) is 5.56 Å². The molecule has 12 nitrogen and oxygen atoms in total. The number of anilines is 2. The number of rotatable bonds is 2. The third kappa shape index (κ3) is 6.61. The van der Waals surface area contributed by atoms with Crippen LogP contribution in [-0.4, -0.2) is 45.9 Å². The van der Waals surface area contributed by atoms with Gasteiger partial charge in [0.1, 0.15) is 20.6 Å². The van der Waals surface area contributed by atoms with E-state index < -0.39 is 7.12 Å². The molecular weight excluding hydrogens is 646 g/mol. The van der Waals surface area contributed by atoms with Crippen LogP contribution in [0.4, 0.5) is 17.3 Å². The Balaban J connectivity index is 0.000000153.